The molecule has 1 aliphatic carbocycles. The number of thioether (sulfide) groups is 1. The minimum atomic E-state index is 0.0508. The molecular formula is C14H19N3OS. The Kier molecular flexibility index (Phi) is 3.31. The van der Waals surface area contributed by atoms with E-state index >= 15 is 0 Å². The Hall–Kier alpha value is -1.36. The predicted octanol–water partition coefficient (Wildman–Crippen LogP) is 2.46. The minimum absolute atomic E-state index is 0.0508. The Balaban J connectivity index is 1.75. The third-order valence-corrected chi connectivity index (χ3v) is 5.07. The smallest absolute Gasteiger partial charge is 0.228 e. The van der Waals surface area contributed by atoms with Crippen molar-refractivity contribution in [2.45, 2.75) is 37.0 Å². The van der Waals surface area contributed by atoms with Crippen molar-refractivity contribution in [3.8, 4) is 0 Å². The zero-order valence-electron chi connectivity index (χ0n) is 11.0. The van der Waals surface area contributed by atoms with E-state index in [0.717, 1.165) is 27.9 Å². The molecule has 1 fully saturated rings. The van der Waals surface area contributed by atoms with E-state index in [1.165, 1.54) is 19.3 Å². The maximum absolute atomic E-state index is 11.4. The molecule has 2 unspecified atom stereocenters. The Morgan fingerprint density at radius 1 is 1.42 bits per heavy atom. The zero-order valence-corrected chi connectivity index (χ0v) is 11.8. The highest BCUT2D eigenvalue weighted by Gasteiger charge is 2.25. The fourth-order valence-electron chi connectivity index (χ4n) is 2.92. The molecule has 0 spiro atoms. The molecule has 1 aromatic rings. The van der Waals surface area contributed by atoms with Crippen LogP contribution in [0.5, 0.6) is 0 Å². The van der Waals surface area contributed by atoms with Crippen LogP contribution >= 0.6 is 11.8 Å². The number of carbonyl (C=O) groups excluding carboxylic acids is 1. The maximum atomic E-state index is 11.4. The summed E-state index contributed by atoms with van der Waals surface area (Å²) in [5.41, 5.74) is 9.67. The number of carbonyl (C=O) groups is 1. The van der Waals surface area contributed by atoms with E-state index in [2.05, 4.69) is 16.9 Å². The van der Waals surface area contributed by atoms with Gasteiger partial charge in [0.05, 0.1) is 17.8 Å². The molecule has 2 atom stereocenters. The SMILES string of the molecule is CSC1CCC(Nc2cc3c(cc2N)CC(=O)N3)C1. The third-order valence-electron chi connectivity index (χ3n) is 3.98. The van der Waals surface area contributed by atoms with Crippen LogP contribution in [0.2, 0.25) is 0 Å². The van der Waals surface area contributed by atoms with Gasteiger partial charge in [-0.1, -0.05) is 0 Å². The summed E-state index contributed by atoms with van der Waals surface area (Å²) >= 11 is 1.94. The number of amides is 1. The van der Waals surface area contributed by atoms with E-state index in [-0.39, 0.29) is 5.91 Å². The van der Waals surface area contributed by atoms with Crippen molar-refractivity contribution in [1.82, 2.24) is 0 Å². The molecule has 1 saturated carbocycles. The molecular weight excluding hydrogens is 258 g/mol. The minimum Gasteiger partial charge on any atom is -0.397 e. The highest BCUT2D eigenvalue weighted by molar-refractivity contribution is 7.99. The third kappa shape index (κ3) is 2.52. The first-order valence-electron chi connectivity index (χ1n) is 6.67. The number of hydrogen-bond acceptors (Lipinski definition) is 4. The molecule has 1 amide bonds. The number of nitrogens with two attached hydrogens (primary N) is 1. The van der Waals surface area contributed by atoms with E-state index in [1.54, 1.807) is 0 Å². The average molecular weight is 277 g/mol. The van der Waals surface area contributed by atoms with Crippen molar-refractivity contribution in [3.63, 3.8) is 0 Å². The van der Waals surface area contributed by atoms with Gasteiger partial charge in [0.15, 0.2) is 0 Å². The first-order valence-corrected chi connectivity index (χ1v) is 7.96. The van der Waals surface area contributed by atoms with E-state index < -0.39 is 0 Å². The van der Waals surface area contributed by atoms with Crippen LogP contribution in [0, 0.1) is 0 Å². The van der Waals surface area contributed by atoms with Gasteiger partial charge in [-0.25, -0.2) is 0 Å². The number of anilines is 3. The van der Waals surface area contributed by atoms with Crippen LogP contribution in [-0.2, 0) is 11.2 Å². The summed E-state index contributed by atoms with van der Waals surface area (Å²) in [4.78, 5) is 11.4. The first-order chi connectivity index (χ1) is 9.15. The summed E-state index contributed by atoms with van der Waals surface area (Å²) in [7, 11) is 0. The van der Waals surface area contributed by atoms with Crippen LogP contribution in [0.15, 0.2) is 12.1 Å². The van der Waals surface area contributed by atoms with Crippen molar-refractivity contribution >= 4 is 34.7 Å². The van der Waals surface area contributed by atoms with E-state index in [1.807, 2.05) is 23.9 Å². The molecule has 0 bridgehead atoms. The van der Waals surface area contributed by atoms with Gasteiger partial charge in [-0.05, 0) is 43.2 Å². The second-order valence-electron chi connectivity index (χ2n) is 5.33. The van der Waals surface area contributed by atoms with E-state index in [4.69, 9.17) is 5.73 Å². The van der Waals surface area contributed by atoms with Crippen LogP contribution in [0.3, 0.4) is 0 Å². The quantitative estimate of drug-likeness (QED) is 0.742. The van der Waals surface area contributed by atoms with E-state index in [0.29, 0.717) is 12.5 Å². The van der Waals surface area contributed by atoms with Crippen molar-refractivity contribution in [2.75, 3.05) is 22.6 Å². The molecule has 19 heavy (non-hydrogen) atoms. The fourth-order valence-corrected chi connectivity index (χ4v) is 3.72. The summed E-state index contributed by atoms with van der Waals surface area (Å²) in [6.07, 6.45) is 6.25. The fraction of sp³-hybridized carbons (Fsp3) is 0.500. The lowest BCUT2D eigenvalue weighted by Crippen LogP contribution is -2.17. The summed E-state index contributed by atoms with van der Waals surface area (Å²) in [6.45, 7) is 0. The van der Waals surface area contributed by atoms with Gasteiger partial charge in [0, 0.05) is 17.0 Å². The van der Waals surface area contributed by atoms with Crippen molar-refractivity contribution in [1.29, 1.82) is 0 Å². The van der Waals surface area contributed by atoms with Gasteiger partial charge in [0.2, 0.25) is 5.91 Å². The molecule has 4 nitrogen and oxygen atoms in total. The van der Waals surface area contributed by atoms with Crippen LogP contribution in [0.4, 0.5) is 17.1 Å². The van der Waals surface area contributed by atoms with Crippen LogP contribution in [0.25, 0.3) is 0 Å². The highest BCUT2D eigenvalue weighted by Crippen LogP contribution is 2.35. The van der Waals surface area contributed by atoms with Gasteiger partial charge in [-0.15, -0.1) is 0 Å². The average Bonchev–Trinajstić information content (AvgIpc) is 2.95. The summed E-state index contributed by atoms with van der Waals surface area (Å²) in [5, 5.41) is 7.16. The maximum Gasteiger partial charge on any atom is 0.228 e. The zero-order chi connectivity index (χ0) is 13.4. The summed E-state index contributed by atoms with van der Waals surface area (Å²) in [6, 6.07) is 4.38. The van der Waals surface area contributed by atoms with Crippen LogP contribution in [-0.4, -0.2) is 23.5 Å². The highest BCUT2D eigenvalue weighted by atomic mass is 32.2. The lowest BCUT2D eigenvalue weighted by atomic mass is 10.1. The lowest BCUT2D eigenvalue weighted by Gasteiger charge is -2.17. The van der Waals surface area contributed by atoms with Crippen molar-refractivity contribution in [3.05, 3.63) is 17.7 Å². The number of fused-ring (bicyclic) bond motifs is 1. The molecule has 5 heteroatoms. The second kappa shape index (κ2) is 4.96. The Labute approximate surface area is 117 Å². The summed E-state index contributed by atoms with van der Waals surface area (Å²) in [5.74, 6) is 0.0508. The molecule has 0 radical (unpaired) electrons. The molecule has 3 rings (SSSR count). The standard InChI is InChI=1S/C14H19N3OS/c1-19-10-3-2-9(6-10)16-13-7-12-8(4-11(13)15)5-14(18)17-12/h4,7,9-10,16H,2-3,5-6,15H2,1H3,(H,17,18). The van der Waals surface area contributed by atoms with E-state index in [9.17, 15) is 4.79 Å². The molecule has 102 valence electrons. The van der Waals surface area contributed by atoms with Gasteiger partial charge in [-0.3, -0.25) is 4.79 Å². The number of nitrogens with one attached hydrogen (secondary N) is 2. The number of rotatable bonds is 3. The number of hydrogen-bond donors (Lipinski definition) is 3. The van der Waals surface area contributed by atoms with Crippen molar-refractivity contribution in [2.24, 2.45) is 0 Å². The molecule has 1 heterocycles. The van der Waals surface area contributed by atoms with Crippen LogP contribution < -0.4 is 16.4 Å². The Morgan fingerprint density at radius 2 is 2.26 bits per heavy atom. The van der Waals surface area contributed by atoms with Gasteiger partial charge in [0.25, 0.3) is 0 Å². The predicted molar refractivity (Wildman–Crippen MR) is 81.8 cm³/mol. The Morgan fingerprint density at radius 3 is 3.00 bits per heavy atom. The van der Waals surface area contributed by atoms with Gasteiger partial charge >= 0.3 is 0 Å². The second-order valence-corrected chi connectivity index (χ2v) is 6.47. The topological polar surface area (TPSA) is 67.1 Å². The lowest BCUT2D eigenvalue weighted by molar-refractivity contribution is -0.115. The van der Waals surface area contributed by atoms with Crippen molar-refractivity contribution < 1.29 is 4.79 Å². The number of nitrogen functional groups attached to an aromatic ring is 1. The molecule has 1 aromatic carbocycles. The molecule has 4 N–H and O–H groups in total. The van der Waals surface area contributed by atoms with Gasteiger partial charge in [-0.2, -0.15) is 11.8 Å². The molecule has 0 aromatic heterocycles. The molecule has 1 aliphatic heterocycles. The van der Waals surface area contributed by atoms with Crippen LogP contribution in [0.1, 0.15) is 24.8 Å². The molecule has 0 saturated heterocycles. The monoisotopic (exact) mass is 277 g/mol. The summed E-state index contributed by atoms with van der Waals surface area (Å²) < 4.78 is 0. The molecule has 2 aliphatic rings. The van der Waals surface area contributed by atoms with Gasteiger partial charge < -0.3 is 16.4 Å². The first kappa shape index (κ1) is 12.7. The van der Waals surface area contributed by atoms with Gasteiger partial charge in [0.1, 0.15) is 0 Å². The number of benzene rings is 1. The normalized spacial score (nSPS) is 25.2. The largest absolute Gasteiger partial charge is 0.397 e. The Bertz CT molecular complexity index is 518.